The van der Waals surface area contributed by atoms with Gasteiger partial charge in [0.1, 0.15) is 12.7 Å². The number of para-hydroxylation sites is 2. The van der Waals surface area contributed by atoms with Gasteiger partial charge in [-0.25, -0.2) is 0 Å². The molecule has 1 aliphatic heterocycles. The summed E-state index contributed by atoms with van der Waals surface area (Å²) < 4.78 is 21.4. The number of hydrogen-bond acceptors (Lipinski definition) is 6. The van der Waals surface area contributed by atoms with Crippen LogP contribution in [0.4, 0.5) is 0 Å². The smallest absolute Gasteiger partial charge is 0.264 e. The minimum absolute atomic E-state index is 0.214. The zero-order chi connectivity index (χ0) is 13.1. The minimum atomic E-state index is 0.214. The maximum atomic E-state index is 5.64. The molecule has 0 saturated carbocycles. The summed E-state index contributed by atoms with van der Waals surface area (Å²) in [7, 11) is 0. The van der Waals surface area contributed by atoms with Crippen LogP contribution in [0.3, 0.4) is 0 Å². The molecule has 0 N–H and O–H groups in total. The molecule has 0 spiro atoms. The molecule has 1 saturated heterocycles. The van der Waals surface area contributed by atoms with Gasteiger partial charge in [0.15, 0.2) is 23.9 Å². The van der Waals surface area contributed by atoms with Crippen LogP contribution in [0.25, 0.3) is 0 Å². The van der Waals surface area contributed by atoms with Gasteiger partial charge in [-0.05, 0) is 19.1 Å². The maximum absolute atomic E-state index is 5.64. The third kappa shape index (κ3) is 3.23. The Morgan fingerprint density at radius 2 is 2.00 bits per heavy atom. The highest BCUT2D eigenvalue weighted by atomic mass is 16.6. The van der Waals surface area contributed by atoms with Crippen molar-refractivity contribution in [3.05, 3.63) is 36.0 Å². The lowest BCUT2D eigenvalue weighted by Crippen LogP contribution is -2.06. The summed E-state index contributed by atoms with van der Waals surface area (Å²) in [6, 6.07) is 7.48. The van der Waals surface area contributed by atoms with Crippen LogP contribution in [-0.4, -0.2) is 29.5 Å². The zero-order valence-electron chi connectivity index (χ0n) is 10.5. The summed E-state index contributed by atoms with van der Waals surface area (Å²) in [6.07, 6.45) is 0.214. The fourth-order valence-electron chi connectivity index (χ4n) is 1.57. The van der Waals surface area contributed by atoms with Gasteiger partial charge in [-0.1, -0.05) is 17.3 Å². The van der Waals surface area contributed by atoms with E-state index < -0.39 is 0 Å². The van der Waals surface area contributed by atoms with Gasteiger partial charge in [0.05, 0.1) is 6.61 Å². The predicted molar refractivity (Wildman–Crippen MR) is 65.0 cm³/mol. The number of aromatic nitrogens is 2. The predicted octanol–water partition coefficient (Wildman–Crippen LogP) is 1.73. The number of epoxide rings is 1. The molecule has 0 amide bonds. The van der Waals surface area contributed by atoms with Gasteiger partial charge in [0, 0.05) is 0 Å². The van der Waals surface area contributed by atoms with Gasteiger partial charge < -0.3 is 18.7 Å². The summed E-state index contributed by atoms with van der Waals surface area (Å²) in [5, 5.41) is 3.71. The first-order valence-electron chi connectivity index (χ1n) is 6.06. The van der Waals surface area contributed by atoms with Gasteiger partial charge in [-0.15, -0.1) is 0 Å². The second-order valence-corrected chi connectivity index (χ2v) is 4.24. The molecule has 1 aromatic carbocycles. The molecule has 6 nitrogen and oxygen atoms in total. The van der Waals surface area contributed by atoms with E-state index in [1.54, 1.807) is 6.92 Å². The van der Waals surface area contributed by atoms with Crippen LogP contribution in [0.15, 0.2) is 28.8 Å². The highest BCUT2D eigenvalue weighted by Crippen LogP contribution is 2.28. The second kappa shape index (κ2) is 5.27. The molecular weight excluding hydrogens is 248 g/mol. The van der Waals surface area contributed by atoms with E-state index in [1.807, 2.05) is 24.3 Å². The summed E-state index contributed by atoms with van der Waals surface area (Å²) in [4.78, 5) is 4.08. The van der Waals surface area contributed by atoms with Gasteiger partial charge in [0.2, 0.25) is 0 Å². The maximum Gasteiger partial charge on any atom is 0.264 e. The Morgan fingerprint density at radius 3 is 2.63 bits per heavy atom. The van der Waals surface area contributed by atoms with Crippen LogP contribution in [0.2, 0.25) is 0 Å². The van der Waals surface area contributed by atoms with Crippen molar-refractivity contribution in [2.75, 3.05) is 13.2 Å². The lowest BCUT2D eigenvalue weighted by Gasteiger charge is -2.10. The SMILES string of the molecule is Cc1noc(COc2ccccc2OCC2CO2)n1. The van der Waals surface area contributed by atoms with Crippen molar-refractivity contribution in [2.24, 2.45) is 0 Å². The molecule has 0 aliphatic carbocycles. The first-order chi connectivity index (χ1) is 9.31. The van der Waals surface area contributed by atoms with E-state index in [0.717, 1.165) is 6.61 Å². The minimum Gasteiger partial charge on any atom is -0.487 e. The van der Waals surface area contributed by atoms with Crippen molar-refractivity contribution in [3.63, 3.8) is 0 Å². The molecule has 1 aliphatic rings. The Balaban J connectivity index is 1.62. The molecule has 1 aromatic heterocycles. The number of rotatable bonds is 6. The number of aryl methyl sites for hydroxylation is 1. The van der Waals surface area contributed by atoms with E-state index in [9.17, 15) is 0 Å². The standard InChI is InChI=1S/C13H14N2O4/c1-9-14-13(19-15-9)8-18-12-5-3-2-4-11(12)17-7-10-6-16-10/h2-5,10H,6-8H2,1H3. The molecule has 6 heteroatoms. The molecule has 3 rings (SSSR count). The van der Waals surface area contributed by atoms with E-state index in [4.69, 9.17) is 18.7 Å². The van der Waals surface area contributed by atoms with Crippen molar-refractivity contribution < 1.29 is 18.7 Å². The average molecular weight is 262 g/mol. The molecule has 19 heavy (non-hydrogen) atoms. The Bertz CT molecular complexity index is 551. The van der Waals surface area contributed by atoms with Crippen molar-refractivity contribution in [2.45, 2.75) is 19.6 Å². The number of nitrogens with zero attached hydrogens (tertiary/aromatic N) is 2. The first-order valence-corrected chi connectivity index (χ1v) is 6.06. The summed E-state index contributed by atoms with van der Waals surface area (Å²) >= 11 is 0. The largest absolute Gasteiger partial charge is 0.487 e. The molecule has 1 unspecified atom stereocenters. The monoisotopic (exact) mass is 262 g/mol. The van der Waals surface area contributed by atoms with E-state index in [0.29, 0.717) is 29.8 Å². The lowest BCUT2D eigenvalue weighted by atomic mass is 10.3. The molecule has 0 bridgehead atoms. The van der Waals surface area contributed by atoms with Crippen LogP contribution in [-0.2, 0) is 11.3 Å². The molecule has 1 fully saturated rings. The zero-order valence-corrected chi connectivity index (χ0v) is 10.5. The average Bonchev–Trinajstić information content (AvgIpc) is 3.17. The Labute approximate surface area is 110 Å². The normalized spacial score (nSPS) is 17.2. The topological polar surface area (TPSA) is 69.9 Å². The summed E-state index contributed by atoms with van der Waals surface area (Å²) in [5.41, 5.74) is 0. The lowest BCUT2D eigenvalue weighted by molar-refractivity contribution is 0.217. The fourth-order valence-corrected chi connectivity index (χ4v) is 1.57. The van der Waals surface area contributed by atoms with Crippen molar-refractivity contribution in [1.82, 2.24) is 10.1 Å². The third-order valence-electron chi connectivity index (χ3n) is 2.60. The highest BCUT2D eigenvalue weighted by Gasteiger charge is 2.23. The van der Waals surface area contributed by atoms with Gasteiger partial charge in [0.25, 0.3) is 5.89 Å². The van der Waals surface area contributed by atoms with Crippen molar-refractivity contribution in [3.8, 4) is 11.5 Å². The van der Waals surface area contributed by atoms with Crippen LogP contribution in [0, 0.1) is 6.92 Å². The van der Waals surface area contributed by atoms with Gasteiger partial charge in [-0.3, -0.25) is 0 Å². The molecule has 100 valence electrons. The van der Waals surface area contributed by atoms with E-state index >= 15 is 0 Å². The Kier molecular flexibility index (Phi) is 3.33. The van der Waals surface area contributed by atoms with Crippen LogP contribution in [0.5, 0.6) is 11.5 Å². The molecule has 1 atom stereocenters. The summed E-state index contributed by atoms with van der Waals surface area (Å²) in [6.45, 7) is 3.30. The molecular formula is C13H14N2O4. The molecule has 2 heterocycles. The van der Waals surface area contributed by atoms with Crippen LogP contribution < -0.4 is 9.47 Å². The van der Waals surface area contributed by atoms with Crippen molar-refractivity contribution in [1.29, 1.82) is 0 Å². The second-order valence-electron chi connectivity index (χ2n) is 4.24. The first kappa shape index (κ1) is 12.0. The van der Waals surface area contributed by atoms with E-state index in [1.165, 1.54) is 0 Å². The fraction of sp³-hybridized carbons (Fsp3) is 0.385. The van der Waals surface area contributed by atoms with Crippen LogP contribution >= 0.6 is 0 Å². The highest BCUT2D eigenvalue weighted by molar-refractivity contribution is 5.39. The van der Waals surface area contributed by atoms with E-state index in [2.05, 4.69) is 10.1 Å². The van der Waals surface area contributed by atoms with E-state index in [-0.39, 0.29) is 12.7 Å². The van der Waals surface area contributed by atoms with Gasteiger partial charge >= 0.3 is 0 Å². The number of benzene rings is 1. The molecule has 0 radical (unpaired) electrons. The van der Waals surface area contributed by atoms with Crippen LogP contribution in [0.1, 0.15) is 11.7 Å². The summed E-state index contributed by atoms with van der Waals surface area (Å²) in [5.74, 6) is 2.38. The number of ether oxygens (including phenoxy) is 3. The number of hydrogen-bond donors (Lipinski definition) is 0. The molecule has 2 aromatic rings. The quantitative estimate of drug-likeness (QED) is 0.738. The third-order valence-corrected chi connectivity index (χ3v) is 2.60. The Hall–Kier alpha value is -2.08. The van der Waals surface area contributed by atoms with Gasteiger partial charge in [-0.2, -0.15) is 4.98 Å². The van der Waals surface area contributed by atoms with Crippen molar-refractivity contribution >= 4 is 0 Å². The Morgan fingerprint density at radius 1 is 1.26 bits per heavy atom.